The smallest absolute Gasteiger partial charge is 0.169 e. The number of H-pyrrole nitrogens is 1. The number of nitrogens with zero attached hydrogens (tertiary/aromatic N) is 2. The molecule has 1 aliphatic heterocycles. The highest BCUT2D eigenvalue weighted by Gasteiger charge is 2.28. The average Bonchev–Trinajstić information content (AvgIpc) is 2.84. The van der Waals surface area contributed by atoms with Crippen molar-refractivity contribution in [3.63, 3.8) is 0 Å². The first kappa shape index (κ1) is 14.0. The molecule has 112 valence electrons. The van der Waals surface area contributed by atoms with Crippen LogP contribution in [0.5, 0.6) is 11.5 Å². The molecule has 0 saturated carbocycles. The molecule has 2 aromatic rings. The van der Waals surface area contributed by atoms with Gasteiger partial charge in [0, 0.05) is 35.3 Å². The Morgan fingerprint density at radius 3 is 2.71 bits per heavy atom. The fraction of sp³-hybridized carbons (Fsp3) is 0.357. The minimum absolute atomic E-state index is 0.136. The van der Waals surface area contributed by atoms with Gasteiger partial charge in [0.15, 0.2) is 11.5 Å². The van der Waals surface area contributed by atoms with Gasteiger partial charge in [-0.15, -0.1) is 0 Å². The number of ether oxygens (including phenoxy) is 2. The van der Waals surface area contributed by atoms with E-state index in [9.17, 15) is 0 Å². The summed E-state index contributed by atoms with van der Waals surface area (Å²) < 4.78 is 11.5. The predicted molar refractivity (Wildman–Crippen MR) is 81.9 cm³/mol. The van der Waals surface area contributed by atoms with Crippen LogP contribution in [0, 0.1) is 0 Å². The number of methoxy groups -OCH3 is 1. The molecule has 0 amide bonds. The Kier molecular flexibility index (Phi) is 3.65. The van der Waals surface area contributed by atoms with E-state index >= 15 is 0 Å². The van der Waals surface area contributed by atoms with Crippen LogP contribution < -0.4 is 15.2 Å². The molecule has 21 heavy (non-hydrogen) atoms. The molecule has 0 radical (unpaired) electrons. The normalized spacial score (nSPS) is 15.8. The van der Waals surface area contributed by atoms with Crippen molar-refractivity contribution in [3.8, 4) is 22.6 Å². The van der Waals surface area contributed by atoms with E-state index < -0.39 is 0 Å². The summed E-state index contributed by atoms with van der Waals surface area (Å²) in [6.45, 7) is 1.76. The quantitative estimate of drug-likeness (QED) is 0.903. The summed E-state index contributed by atoms with van der Waals surface area (Å²) in [4.78, 5) is 2.18. The standard InChI is InChI=1S/C14H17ClN4O2/c1-19-6-9(7-19)21-13-10(11-5-17-18-14(11)16)3-8(15)4-12(13)20-2/h3-5,9H,6-7H2,1-2H3,(H3,16,17,18). The van der Waals surface area contributed by atoms with E-state index in [1.165, 1.54) is 0 Å². The van der Waals surface area contributed by atoms with E-state index in [2.05, 4.69) is 15.1 Å². The third-order valence-electron chi connectivity index (χ3n) is 3.51. The van der Waals surface area contributed by atoms with Crippen LogP contribution in [0.2, 0.25) is 5.02 Å². The minimum atomic E-state index is 0.136. The zero-order valence-electron chi connectivity index (χ0n) is 11.9. The lowest BCUT2D eigenvalue weighted by Crippen LogP contribution is -2.51. The monoisotopic (exact) mass is 308 g/mol. The number of nitrogens with one attached hydrogen (secondary N) is 1. The van der Waals surface area contributed by atoms with Gasteiger partial charge in [0.2, 0.25) is 0 Å². The SMILES string of the molecule is COc1cc(Cl)cc(-c2cn[nH]c2N)c1OC1CN(C)C1. The Labute approximate surface area is 127 Å². The maximum absolute atomic E-state index is 6.16. The minimum Gasteiger partial charge on any atom is -0.493 e. The molecule has 3 N–H and O–H groups in total. The van der Waals surface area contributed by atoms with E-state index in [1.54, 1.807) is 19.4 Å². The molecule has 1 aromatic carbocycles. The zero-order valence-corrected chi connectivity index (χ0v) is 12.6. The van der Waals surface area contributed by atoms with Crippen molar-refractivity contribution < 1.29 is 9.47 Å². The number of anilines is 1. The third kappa shape index (κ3) is 2.64. The lowest BCUT2D eigenvalue weighted by molar-refractivity contribution is 0.0374. The number of likely N-dealkylation sites (N-methyl/N-ethyl adjacent to an activating group) is 1. The highest BCUT2D eigenvalue weighted by Crippen LogP contribution is 2.43. The fourth-order valence-corrected chi connectivity index (χ4v) is 2.64. The molecule has 2 heterocycles. The lowest BCUT2D eigenvalue weighted by atomic mass is 10.1. The Morgan fingerprint density at radius 2 is 2.14 bits per heavy atom. The van der Waals surface area contributed by atoms with E-state index in [0.29, 0.717) is 22.3 Å². The van der Waals surface area contributed by atoms with Crippen molar-refractivity contribution in [2.45, 2.75) is 6.10 Å². The highest BCUT2D eigenvalue weighted by atomic mass is 35.5. The molecule has 0 spiro atoms. The van der Waals surface area contributed by atoms with Gasteiger partial charge in [-0.2, -0.15) is 5.10 Å². The molecule has 0 aliphatic carbocycles. The summed E-state index contributed by atoms with van der Waals surface area (Å²) in [7, 11) is 3.64. The summed E-state index contributed by atoms with van der Waals surface area (Å²) in [6.07, 6.45) is 1.79. The molecule has 1 aromatic heterocycles. The Balaban J connectivity index is 2.04. The number of aromatic nitrogens is 2. The molecule has 3 rings (SSSR count). The van der Waals surface area contributed by atoms with Crippen LogP contribution in [-0.2, 0) is 0 Å². The summed E-state index contributed by atoms with van der Waals surface area (Å²) in [5.74, 6) is 1.70. The largest absolute Gasteiger partial charge is 0.493 e. The molecule has 6 nitrogen and oxygen atoms in total. The van der Waals surface area contributed by atoms with Gasteiger partial charge in [0.1, 0.15) is 11.9 Å². The fourth-order valence-electron chi connectivity index (χ4n) is 2.44. The summed E-state index contributed by atoms with van der Waals surface area (Å²) in [5, 5.41) is 7.23. The second kappa shape index (κ2) is 5.46. The van der Waals surface area contributed by atoms with Gasteiger partial charge in [-0.1, -0.05) is 11.6 Å². The van der Waals surface area contributed by atoms with Crippen molar-refractivity contribution >= 4 is 17.4 Å². The molecule has 0 bridgehead atoms. The van der Waals surface area contributed by atoms with Gasteiger partial charge in [-0.3, -0.25) is 10.00 Å². The van der Waals surface area contributed by atoms with Crippen LogP contribution in [0.3, 0.4) is 0 Å². The van der Waals surface area contributed by atoms with Crippen LogP contribution >= 0.6 is 11.6 Å². The van der Waals surface area contributed by atoms with Crippen LogP contribution in [0.4, 0.5) is 5.82 Å². The first-order valence-corrected chi connectivity index (χ1v) is 6.98. The van der Waals surface area contributed by atoms with E-state index in [4.69, 9.17) is 26.8 Å². The maximum atomic E-state index is 6.16. The first-order valence-electron chi connectivity index (χ1n) is 6.60. The van der Waals surface area contributed by atoms with E-state index in [0.717, 1.165) is 24.2 Å². The van der Waals surface area contributed by atoms with Gasteiger partial charge < -0.3 is 15.2 Å². The molecule has 1 fully saturated rings. The zero-order chi connectivity index (χ0) is 15.0. The summed E-state index contributed by atoms with van der Waals surface area (Å²) >= 11 is 6.16. The maximum Gasteiger partial charge on any atom is 0.169 e. The number of rotatable bonds is 4. The van der Waals surface area contributed by atoms with Gasteiger partial charge >= 0.3 is 0 Å². The summed E-state index contributed by atoms with van der Waals surface area (Å²) in [6, 6.07) is 3.54. The topological polar surface area (TPSA) is 76.4 Å². The van der Waals surface area contributed by atoms with Crippen LogP contribution in [0.25, 0.3) is 11.1 Å². The number of nitrogen functional groups attached to an aromatic ring is 1. The van der Waals surface area contributed by atoms with E-state index in [1.807, 2.05) is 13.1 Å². The molecule has 0 atom stereocenters. The Hall–Kier alpha value is -1.92. The van der Waals surface area contributed by atoms with Gasteiger partial charge in [0.25, 0.3) is 0 Å². The van der Waals surface area contributed by atoms with Gasteiger partial charge in [-0.25, -0.2) is 0 Å². The lowest BCUT2D eigenvalue weighted by Gasteiger charge is -2.36. The van der Waals surface area contributed by atoms with Crippen molar-refractivity contribution in [1.82, 2.24) is 15.1 Å². The molecule has 1 aliphatic rings. The Bertz CT molecular complexity index is 652. The molecular formula is C14H17ClN4O2. The van der Waals surface area contributed by atoms with Crippen molar-refractivity contribution in [3.05, 3.63) is 23.4 Å². The van der Waals surface area contributed by atoms with E-state index in [-0.39, 0.29) is 6.10 Å². The van der Waals surface area contributed by atoms with Crippen LogP contribution in [0.15, 0.2) is 18.3 Å². The van der Waals surface area contributed by atoms with Crippen molar-refractivity contribution in [2.24, 2.45) is 0 Å². The number of hydrogen-bond acceptors (Lipinski definition) is 5. The number of hydrogen-bond donors (Lipinski definition) is 2. The number of likely N-dealkylation sites (tertiary alicyclic amines) is 1. The van der Waals surface area contributed by atoms with Crippen LogP contribution in [-0.4, -0.2) is 48.4 Å². The highest BCUT2D eigenvalue weighted by molar-refractivity contribution is 6.31. The second-order valence-corrected chi connectivity index (χ2v) is 5.58. The van der Waals surface area contributed by atoms with Crippen molar-refractivity contribution in [2.75, 3.05) is 33.0 Å². The van der Waals surface area contributed by atoms with Gasteiger partial charge in [0.05, 0.1) is 13.3 Å². The second-order valence-electron chi connectivity index (χ2n) is 5.14. The number of nitrogens with two attached hydrogens (primary N) is 1. The van der Waals surface area contributed by atoms with Gasteiger partial charge in [-0.05, 0) is 13.1 Å². The van der Waals surface area contributed by atoms with Crippen molar-refractivity contribution in [1.29, 1.82) is 0 Å². The number of benzene rings is 1. The van der Waals surface area contributed by atoms with Crippen LogP contribution in [0.1, 0.15) is 0 Å². The molecule has 7 heteroatoms. The predicted octanol–water partition coefficient (Wildman–Crippen LogP) is 2.01. The third-order valence-corrected chi connectivity index (χ3v) is 3.73. The molecule has 1 saturated heterocycles. The Morgan fingerprint density at radius 1 is 1.38 bits per heavy atom. The summed E-state index contributed by atoms with van der Waals surface area (Å²) in [5.41, 5.74) is 7.44. The molecule has 0 unspecified atom stereocenters. The number of halogens is 1. The average molecular weight is 309 g/mol. The molecular weight excluding hydrogens is 292 g/mol. The first-order chi connectivity index (χ1) is 10.1. The number of aromatic amines is 1.